The normalized spacial score (nSPS) is 15.6. The van der Waals surface area contributed by atoms with E-state index in [9.17, 15) is 9.59 Å². The number of amides is 1. The van der Waals surface area contributed by atoms with Gasteiger partial charge in [0, 0.05) is 66.2 Å². The molecule has 208 valence electrons. The summed E-state index contributed by atoms with van der Waals surface area (Å²) in [5.74, 6) is 0.276. The number of aromatic nitrogens is 1. The van der Waals surface area contributed by atoms with E-state index in [-0.39, 0.29) is 12.2 Å². The minimum atomic E-state index is -0.417. The van der Waals surface area contributed by atoms with Gasteiger partial charge in [-0.05, 0) is 49.1 Å². The number of carbonyl (C=O) groups excluding carboxylic acids is 2. The highest BCUT2D eigenvalue weighted by molar-refractivity contribution is 6.31. The van der Waals surface area contributed by atoms with E-state index in [1.165, 1.54) is 12.6 Å². The van der Waals surface area contributed by atoms with Gasteiger partial charge in [0.1, 0.15) is 11.7 Å². The van der Waals surface area contributed by atoms with Gasteiger partial charge in [0.2, 0.25) is 0 Å². The molecule has 3 heterocycles. The topological polar surface area (TPSA) is 98.6 Å². The van der Waals surface area contributed by atoms with Gasteiger partial charge in [-0.25, -0.2) is 4.98 Å². The van der Waals surface area contributed by atoms with Crippen molar-refractivity contribution in [3.8, 4) is 0 Å². The monoisotopic (exact) mass is 579 g/mol. The van der Waals surface area contributed by atoms with Crippen LogP contribution in [0.1, 0.15) is 51.1 Å². The van der Waals surface area contributed by atoms with Crippen LogP contribution in [0.2, 0.25) is 10.0 Å². The summed E-state index contributed by atoms with van der Waals surface area (Å²) in [6.45, 7) is 4.10. The number of morpholine rings is 1. The van der Waals surface area contributed by atoms with E-state index in [0.29, 0.717) is 64.7 Å². The predicted octanol–water partition coefficient (Wildman–Crippen LogP) is 5.71. The van der Waals surface area contributed by atoms with Crippen LogP contribution < -0.4 is 10.2 Å². The largest absolute Gasteiger partial charge is 0.378 e. The van der Waals surface area contributed by atoms with Crippen molar-refractivity contribution in [2.75, 3.05) is 49.6 Å². The molecule has 0 radical (unpaired) electrons. The van der Waals surface area contributed by atoms with Gasteiger partial charge in [0.05, 0.1) is 18.2 Å². The number of rotatable bonds is 7. The lowest BCUT2D eigenvalue weighted by molar-refractivity contribution is 0.0992. The molecule has 10 heteroatoms. The van der Waals surface area contributed by atoms with Crippen LogP contribution in [0.25, 0.3) is 0 Å². The smallest absolute Gasteiger partial charge is 0.257 e. The molecule has 0 saturated carbocycles. The molecule has 0 unspecified atom stereocenters. The third-order valence-corrected chi connectivity index (χ3v) is 7.69. The van der Waals surface area contributed by atoms with Gasteiger partial charge in [-0.3, -0.25) is 15.0 Å². The summed E-state index contributed by atoms with van der Waals surface area (Å²) >= 11 is 12.4. The molecular formula is C30H31Cl2N5O3. The molecule has 40 heavy (non-hydrogen) atoms. The van der Waals surface area contributed by atoms with Gasteiger partial charge in [-0.15, -0.1) is 0 Å². The van der Waals surface area contributed by atoms with E-state index in [1.54, 1.807) is 36.4 Å². The van der Waals surface area contributed by atoms with Crippen molar-refractivity contribution in [2.45, 2.75) is 25.7 Å². The number of likely N-dealkylation sites (tertiary alicyclic amines) is 1. The number of carbonyl (C=O) groups is 2. The number of nitrogens with zero attached hydrogens (tertiary/aromatic N) is 3. The molecule has 2 aliphatic rings. The number of hydrogen-bond acceptors (Lipinski definition) is 6. The van der Waals surface area contributed by atoms with Gasteiger partial charge < -0.3 is 19.9 Å². The first kappa shape index (κ1) is 28.1. The Labute approximate surface area is 243 Å². The summed E-state index contributed by atoms with van der Waals surface area (Å²) in [4.78, 5) is 35.4. The second-order valence-electron chi connectivity index (χ2n) is 9.94. The van der Waals surface area contributed by atoms with Crippen LogP contribution in [0.15, 0.2) is 54.7 Å². The van der Waals surface area contributed by atoms with E-state index >= 15 is 0 Å². The lowest BCUT2D eigenvalue weighted by Crippen LogP contribution is -2.37. The third-order valence-electron chi connectivity index (χ3n) is 7.25. The minimum Gasteiger partial charge on any atom is -0.378 e. The predicted molar refractivity (Wildman–Crippen MR) is 158 cm³/mol. The second kappa shape index (κ2) is 12.8. The minimum absolute atomic E-state index is 0.00355. The molecule has 2 aliphatic heterocycles. The SMILES string of the molecule is N=C(c1ccc(C(=O)Cc2c(C(=O)Nc3ccc(Cl)cn3)cc(Cl)cc2N2CCOCC2)cc1)N1CCCCC1. The van der Waals surface area contributed by atoms with E-state index < -0.39 is 5.91 Å². The Hall–Kier alpha value is -3.46. The van der Waals surface area contributed by atoms with E-state index in [1.807, 2.05) is 12.1 Å². The van der Waals surface area contributed by atoms with Crippen LogP contribution in [0.3, 0.4) is 0 Å². The van der Waals surface area contributed by atoms with E-state index in [2.05, 4.69) is 20.1 Å². The van der Waals surface area contributed by atoms with Gasteiger partial charge in [0.25, 0.3) is 5.91 Å². The third kappa shape index (κ3) is 6.63. The van der Waals surface area contributed by atoms with E-state index in [4.69, 9.17) is 33.3 Å². The number of ether oxygens (including phenoxy) is 1. The van der Waals surface area contributed by atoms with Crippen molar-refractivity contribution in [1.82, 2.24) is 9.88 Å². The van der Waals surface area contributed by atoms with Crippen LogP contribution in [-0.4, -0.2) is 66.8 Å². The number of halogens is 2. The van der Waals surface area contributed by atoms with Gasteiger partial charge in [0.15, 0.2) is 5.78 Å². The molecule has 2 saturated heterocycles. The maximum Gasteiger partial charge on any atom is 0.257 e. The van der Waals surface area contributed by atoms with Crippen molar-refractivity contribution in [3.05, 3.63) is 87.0 Å². The lowest BCUT2D eigenvalue weighted by Gasteiger charge is -2.31. The van der Waals surface area contributed by atoms with Crippen molar-refractivity contribution in [2.24, 2.45) is 0 Å². The first-order valence-electron chi connectivity index (χ1n) is 13.4. The van der Waals surface area contributed by atoms with Gasteiger partial charge in [-0.1, -0.05) is 47.5 Å². The molecule has 5 rings (SSSR count). The second-order valence-corrected chi connectivity index (χ2v) is 10.8. The average Bonchev–Trinajstić information content (AvgIpc) is 2.99. The van der Waals surface area contributed by atoms with Gasteiger partial charge >= 0.3 is 0 Å². The Kier molecular flexibility index (Phi) is 8.99. The Balaban J connectivity index is 1.42. The fourth-order valence-electron chi connectivity index (χ4n) is 5.11. The molecule has 3 aromatic rings. The lowest BCUT2D eigenvalue weighted by atomic mass is 9.95. The number of piperidine rings is 1. The fourth-order valence-corrected chi connectivity index (χ4v) is 5.43. The first-order chi connectivity index (χ1) is 19.4. The highest BCUT2D eigenvalue weighted by Gasteiger charge is 2.24. The number of pyridine rings is 1. The number of benzene rings is 2. The van der Waals surface area contributed by atoms with Crippen molar-refractivity contribution in [1.29, 1.82) is 5.41 Å². The molecular weight excluding hydrogens is 549 g/mol. The molecule has 0 atom stereocenters. The molecule has 2 aromatic carbocycles. The number of amidine groups is 1. The molecule has 0 bridgehead atoms. The van der Waals surface area contributed by atoms with Crippen LogP contribution >= 0.6 is 23.2 Å². The summed E-state index contributed by atoms with van der Waals surface area (Å²) in [7, 11) is 0. The van der Waals surface area contributed by atoms with E-state index in [0.717, 1.165) is 37.2 Å². The Bertz CT molecular complexity index is 1380. The van der Waals surface area contributed by atoms with Crippen molar-refractivity contribution in [3.63, 3.8) is 0 Å². The summed E-state index contributed by atoms with van der Waals surface area (Å²) in [5, 5.41) is 12.2. The molecule has 0 aliphatic carbocycles. The quantitative estimate of drug-likeness (QED) is 0.211. The molecule has 2 fully saturated rings. The fraction of sp³-hybridized carbons (Fsp3) is 0.333. The number of Topliss-reactive ketones (excluding diaryl/α,β-unsaturated/α-hetero) is 1. The molecule has 1 aromatic heterocycles. The summed E-state index contributed by atoms with van der Waals surface area (Å²) in [6.07, 6.45) is 4.84. The molecule has 0 spiro atoms. The number of anilines is 2. The molecule has 8 nitrogen and oxygen atoms in total. The van der Waals surface area contributed by atoms with Crippen LogP contribution in [-0.2, 0) is 11.2 Å². The van der Waals surface area contributed by atoms with Gasteiger partial charge in [-0.2, -0.15) is 0 Å². The van der Waals surface area contributed by atoms with Crippen LogP contribution in [0.5, 0.6) is 0 Å². The zero-order valence-corrected chi connectivity index (χ0v) is 23.6. The van der Waals surface area contributed by atoms with Crippen LogP contribution in [0.4, 0.5) is 11.5 Å². The summed E-state index contributed by atoms with van der Waals surface area (Å²) < 4.78 is 5.52. The highest BCUT2D eigenvalue weighted by atomic mass is 35.5. The summed E-state index contributed by atoms with van der Waals surface area (Å²) in [6, 6.07) is 13.8. The average molecular weight is 581 g/mol. The Morgan fingerprint density at radius 2 is 1.60 bits per heavy atom. The van der Waals surface area contributed by atoms with Crippen molar-refractivity contribution < 1.29 is 14.3 Å². The first-order valence-corrected chi connectivity index (χ1v) is 14.2. The molecule has 1 amide bonds. The highest BCUT2D eigenvalue weighted by Crippen LogP contribution is 2.31. The zero-order valence-electron chi connectivity index (χ0n) is 22.1. The maximum absolute atomic E-state index is 13.6. The number of hydrogen-bond donors (Lipinski definition) is 2. The molecule has 2 N–H and O–H groups in total. The number of nitrogens with one attached hydrogen (secondary N) is 2. The zero-order chi connectivity index (χ0) is 28.1. The Morgan fingerprint density at radius 1 is 0.900 bits per heavy atom. The van der Waals surface area contributed by atoms with Crippen LogP contribution in [0, 0.1) is 5.41 Å². The standard InChI is InChI=1S/C30H31Cl2N5O3/c31-22-8-9-28(34-19-22)35-30(39)25-16-23(32)17-26(36-12-14-40-15-13-36)24(25)18-27(38)20-4-6-21(7-5-20)29(33)37-10-2-1-3-11-37/h4-9,16-17,19,33H,1-3,10-15,18H2,(H,34,35,39). The maximum atomic E-state index is 13.6. The Morgan fingerprint density at radius 3 is 2.27 bits per heavy atom. The summed E-state index contributed by atoms with van der Waals surface area (Å²) in [5.41, 5.74) is 2.94. The number of ketones is 1. The van der Waals surface area contributed by atoms with Crippen molar-refractivity contribution >= 4 is 52.2 Å².